The van der Waals surface area contributed by atoms with Gasteiger partial charge in [-0.2, -0.15) is 0 Å². The number of aliphatic hydroxyl groups is 1. The normalized spacial score (nSPS) is 12.0. The predicted molar refractivity (Wildman–Crippen MR) is 74.5 cm³/mol. The molecule has 2 aromatic rings. The second-order valence-corrected chi connectivity index (χ2v) is 4.61. The maximum Gasteiger partial charge on any atom is 0.224 e. The van der Waals surface area contributed by atoms with E-state index in [-0.39, 0.29) is 12.1 Å². The second-order valence-electron chi connectivity index (χ2n) is 4.61. The highest BCUT2D eigenvalue weighted by Gasteiger charge is 2.14. The van der Waals surface area contributed by atoms with E-state index in [2.05, 4.69) is 5.32 Å². The van der Waals surface area contributed by atoms with Crippen LogP contribution in [0.1, 0.15) is 17.2 Å². The summed E-state index contributed by atoms with van der Waals surface area (Å²) in [6.07, 6.45) is -1.26. The summed E-state index contributed by atoms with van der Waals surface area (Å²) in [6, 6.07) is 12.3. The lowest BCUT2D eigenvalue weighted by Gasteiger charge is -2.12. The van der Waals surface area contributed by atoms with Crippen LogP contribution in [0.3, 0.4) is 0 Å². The molecule has 2 N–H and O–H groups in total. The maximum absolute atomic E-state index is 13.4. The average molecular weight is 291 g/mol. The SMILES string of the molecule is O=C(Cc1c(F)cccc1F)NCC(O)c1ccccc1. The van der Waals surface area contributed by atoms with Gasteiger partial charge in [-0.05, 0) is 17.7 Å². The summed E-state index contributed by atoms with van der Waals surface area (Å²) >= 11 is 0. The molecule has 0 heterocycles. The van der Waals surface area contributed by atoms with Crippen molar-refractivity contribution < 1.29 is 18.7 Å². The summed E-state index contributed by atoms with van der Waals surface area (Å²) in [7, 11) is 0. The van der Waals surface area contributed by atoms with Crippen molar-refractivity contribution in [3.05, 3.63) is 71.3 Å². The van der Waals surface area contributed by atoms with E-state index < -0.39 is 30.1 Å². The van der Waals surface area contributed by atoms with E-state index in [1.807, 2.05) is 6.07 Å². The van der Waals surface area contributed by atoms with E-state index in [1.165, 1.54) is 6.07 Å². The molecule has 0 saturated heterocycles. The maximum atomic E-state index is 13.4. The van der Waals surface area contributed by atoms with E-state index in [0.29, 0.717) is 5.56 Å². The Hall–Kier alpha value is -2.27. The Bertz CT molecular complexity index is 597. The molecule has 0 aromatic heterocycles. The number of rotatable bonds is 5. The minimum atomic E-state index is -0.861. The smallest absolute Gasteiger partial charge is 0.224 e. The minimum absolute atomic E-state index is 0.0150. The molecule has 0 bridgehead atoms. The molecule has 5 heteroatoms. The van der Waals surface area contributed by atoms with E-state index in [9.17, 15) is 18.7 Å². The van der Waals surface area contributed by atoms with Gasteiger partial charge in [0.2, 0.25) is 5.91 Å². The number of hydrogen-bond donors (Lipinski definition) is 2. The van der Waals surface area contributed by atoms with Crippen molar-refractivity contribution in [2.24, 2.45) is 0 Å². The molecule has 21 heavy (non-hydrogen) atoms. The molecule has 1 unspecified atom stereocenters. The van der Waals surface area contributed by atoms with Gasteiger partial charge in [-0.1, -0.05) is 36.4 Å². The summed E-state index contributed by atoms with van der Waals surface area (Å²) in [5.74, 6) is -2.06. The summed E-state index contributed by atoms with van der Waals surface area (Å²) < 4.78 is 26.8. The molecule has 2 rings (SSSR count). The van der Waals surface area contributed by atoms with E-state index in [1.54, 1.807) is 24.3 Å². The van der Waals surface area contributed by atoms with Crippen molar-refractivity contribution in [2.45, 2.75) is 12.5 Å². The first-order valence-corrected chi connectivity index (χ1v) is 6.50. The van der Waals surface area contributed by atoms with Crippen LogP contribution in [0.15, 0.2) is 48.5 Å². The molecule has 0 aliphatic carbocycles. The molecule has 1 atom stereocenters. The van der Waals surface area contributed by atoms with Crippen LogP contribution in [0.2, 0.25) is 0 Å². The van der Waals surface area contributed by atoms with E-state index in [0.717, 1.165) is 12.1 Å². The second kappa shape index (κ2) is 6.95. The molecule has 3 nitrogen and oxygen atoms in total. The fourth-order valence-electron chi connectivity index (χ4n) is 1.93. The Kier molecular flexibility index (Phi) is 5.00. The molecule has 110 valence electrons. The molecule has 0 fully saturated rings. The fourth-order valence-corrected chi connectivity index (χ4v) is 1.93. The van der Waals surface area contributed by atoms with E-state index in [4.69, 9.17) is 0 Å². The van der Waals surface area contributed by atoms with Gasteiger partial charge < -0.3 is 10.4 Å². The number of halogens is 2. The van der Waals surface area contributed by atoms with Crippen molar-refractivity contribution in [3.63, 3.8) is 0 Å². The van der Waals surface area contributed by atoms with Gasteiger partial charge in [0.15, 0.2) is 0 Å². The van der Waals surface area contributed by atoms with Crippen LogP contribution in [0.5, 0.6) is 0 Å². The number of aliphatic hydroxyl groups excluding tert-OH is 1. The van der Waals surface area contributed by atoms with E-state index >= 15 is 0 Å². The zero-order valence-corrected chi connectivity index (χ0v) is 11.2. The van der Waals surface area contributed by atoms with Gasteiger partial charge in [0.25, 0.3) is 0 Å². The average Bonchev–Trinajstić information content (AvgIpc) is 2.49. The van der Waals surface area contributed by atoms with Crippen molar-refractivity contribution in [2.75, 3.05) is 6.54 Å². The van der Waals surface area contributed by atoms with Crippen LogP contribution in [0.25, 0.3) is 0 Å². The summed E-state index contributed by atoms with van der Waals surface area (Å²) in [5.41, 5.74) is 0.388. The molecule has 0 spiro atoms. The Morgan fingerprint density at radius 1 is 1.05 bits per heavy atom. The quantitative estimate of drug-likeness (QED) is 0.888. The topological polar surface area (TPSA) is 49.3 Å². The van der Waals surface area contributed by atoms with Crippen LogP contribution in [-0.2, 0) is 11.2 Å². The number of nitrogens with one attached hydrogen (secondary N) is 1. The third-order valence-corrected chi connectivity index (χ3v) is 3.08. The molecule has 0 radical (unpaired) electrons. The van der Waals surface area contributed by atoms with Crippen LogP contribution < -0.4 is 5.32 Å². The standard InChI is InChI=1S/C16H15F2NO2/c17-13-7-4-8-14(18)12(13)9-16(21)19-10-15(20)11-5-2-1-3-6-11/h1-8,15,20H,9-10H2,(H,19,21). The summed E-state index contributed by atoms with van der Waals surface area (Å²) in [6.45, 7) is -0.0150. The third kappa shape index (κ3) is 4.10. The lowest BCUT2D eigenvalue weighted by atomic mass is 10.1. The molecule has 0 aliphatic rings. The van der Waals surface area contributed by atoms with Crippen molar-refractivity contribution in [3.8, 4) is 0 Å². The molecule has 0 saturated carbocycles. The zero-order chi connectivity index (χ0) is 15.2. The molecule has 0 aliphatic heterocycles. The zero-order valence-electron chi connectivity index (χ0n) is 11.2. The van der Waals surface area contributed by atoms with Gasteiger partial charge in [-0.25, -0.2) is 8.78 Å². The molecule has 1 amide bonds. The number of carbonyl (C=O) groups is 1. The van der Waals surface area contributed by atoms with Gasteiger partial charge in [-0.15, -0.1) is 0 Å². The Balaban J connectivity index is 1.91. The summed E-state index contributed by atoms with van der Waals surface area (Å²) in [5, 5.41) is 12.3. The number of carbonyl (C=O) groups excluding carboxylic acids is 1. The molecular weight excluding hydrogens is 276 g/mol. The monoisotopic (exact) mass is 291 g/mol. The first-order valence-electron chi connectivity index (χ1n) is 6.50. The van der Waals surface area contributed by atoms with Crippen molar-refractivity contribution in [1.29, 1.82) is 0 Å². The van der Waals surface area contributed by atoms with Crippen molar-refractivity contribution >= 4 is 5.91 Å². The number of hydrogen-bond acceptors (Lipinski definition) is 2. The van der Waals surface area contributed by atoms with Gasteiger partial charge in [0, 0.05) is 12.1 Å². The first kappa shape index (κ1) is 15.1. The van der Waals surface area contributed by atoms with Crippen LogP contribution in [0, 0.1) is 11.6 Å². The lowest BCUT2D eigenvalue weighted by molar-refractivity contribution is -0.121. The van der Waals surface area contributed by atoms with Gasteiger partial charge >= 0.3 is 0 Å². The number of amides is 1. The van der Waals surface area contributed by atoms with Gasteiger partial charge in [-0.3, -0.25) is 4.79 Å². The predicted octanol–water partition coefficient (Wildman–Crippen LogP) is 2.36. The molecule has 2 aromatic carbocycles. The van der Waals surface area contributed by atoms with Gasteiger partial charge in [0.1, 0.15) is 11.6 Å². The van der Waals surface area contributed by atoms with Crippen molar-refractivity contribution in [1.82, 2.24) is 5.32 Å². The van der Waals surface area contributed by atoms with Crippen LogP contribution in [0.4, 0.5) is 8.78 Å². The highest BCUT2D eigenvalue weighted by Crippen LogP contribution is 2.13. The fraction of sp³-hybridized carbons (Fsp3) is 0.188. The Labute approximate surface area is 121 Å². The van der Waals surface area contributed by atoms with Crippen LogP contribution >= 0.6 is 0 Å². The Morgan fingerprint density at radius 3 is 2.29 bits per heavy atom. The third-order valence-electron chi connectivity index (χ3n) is 3.08. The molecular formula is C16H15F2NO2. The summed E-state index contributed by atoms with van der Waals surface area (Å²) in [4.78, 5) is 11.7. The first-order chi connectivity index (χ1) is 10.1. The highest BCUT2D eigenvalue weighted by molar-refractivity contribution is 5.78. The largest absolute Gasteiger partial charge is 0.387 e. The highest BCUT2D eigenvalue weighted by atomic mass is 19.1. The van der Waals surface area contributed by atoms with Crippen LogP contribution in [-0.4, -0.2) is 17.6 Å². The minimum Gasteiger partial charge on any atom is -0.387 e. The Morgan fingerprint density at radius 2 is 1.67 bits per heavy atom. The number of benzene rings is 2. The van der Waals surface area contributed by atoms with Gasteiger partial charge in [0.05, 0.1) is 12.5 Å². The lowest BCUT2D eigenvalue weighted by Crippen LogP contribution is -2.30.